The highest BCUT2D eigenvalue weighted by atomic mass is 79.9. The predicted octanol–water partition coefficient (Wildman–Crippen LogP) is 4.01. The molecule has 0 amide bonds. The van der Waals surface area contributed by atoms with Gasteiger partial charge in [0.05, 0.1) is 6.26 Å². The van der Waals surface area contributed by atoms with Gasteiger partial charge in [0.1, 0.15) is 10.6 Å². The Bertz CT molecular complexity index is 297. The molecule has 6 heteroatoms. The van der Waals surface area contributed by atoms with E-state index in [0.717, 1.165) is 16.7 Å². The lowest BCUT2D eigenvalue weighted by Gasteiger charge is -2.12. The molecule has 0 aliphatic heterocycles. The van der Waals surface area contributed by atoms with E-state index in [4.69, 9.17) is 4.42 Å². The first kappa shape index (κ1) is 12.0. The first-order valence-electron chi connectivity index (χ1n) is 3.79. The van der Waals surface area contributed by atoms with Gasteiger partial charge in [-0.3, -0.25) is 0 Å². The standard InChI is InChI=1S/C8H8BrF3OS/c1-5-6(2-3-13-5)14-4-7(9)8(10,11)12/h2-3,7H,4H2,1H3. The summed E-state index contributed by atoms with van der Waals surface area (Å²) in [6, 6.07) is 1.66. The molecule has 0 aliphatic rings. The Hall–Kier alpha value is -0.100. The van der Waals surface area contributed by atoms with Crippen molar-refractivity contribution in [3.05, 3.63) is 18.1 Å². The van der Waals surface area contributed by atoms with Gasteiger partial charge in [-0.1, -0.05) is 15.9 Å². The first-order valence-corrected chi connectivity index (χ1v) is 5.69. The third kappa shape index (κ3) is 3.24. The number of alkyl halides is 4. The van der Waals surface area contributed by atoms with Crippen LogP contribution in [0.4, 0.5) is 13.2 Å². The van der Waals surface area contributed by atoms with Crippen molar-refractivity contribution in [2.45, 2.75) is 22.8 Å². The van der Waals surface area contributed by atoms with Crippen molar-refractivity contribution in [1.82, 2.24) is 0 Å². The van der Waals surface area contributed by atoms with Crippen LogP contribution >= 0.6 is 27.7 Å². The monoisotopic (exact) mass is 288 g/mol. The third-order valence-electron chi connectivity index (χ3n) is 1.55. The molecule has 1 atom stereocenters. The lowest BCUT2D eigenvalue weighted by Crippen LogP contribution is -2.24. The minimum Gasteiger partial charge on any atom is -0.468 e. The van der Waals surface area contributed by atoms with E-state index in [-0.39, 0.29) is 5.75 Å². The fourth-order valence-electron chi connectivity index (χ4n) is 0.780. The van der Waals surface area contributed by atoms with Crippen molar-refractivity contribution >= 4 is 27.7 Å². The summed E-state index contributed by atoms with van der Waals surface area (Å²) in [6.45, 7) is 1.72. The van der Waals surface area contributed by atoms with Crippen molar-refractivity contribution in [3.8, 4) is 0 Å². The van der Waals surface area contributed by atoms with E-state index in [2.05, 4.69) is 15.9 Å². The molecular weight excluding hydrogens is 281 g/mol. The molecule has 0 radical (unpaired) electrons. The summed E-state index contributed by atoms with van der Waals surface area (Å²) >= 11 is 3.72. The van der Waals surface area contributed by atoms with Crippen LogP contribution in [0.1, 0.15) is 5.76 Å². The van der Waals surface area contributed by atoms with Crippen LogP contribution in [0, 0.1) is 6.92 Å². The molecule has 0 saturated heterocycles. The van der Waals surface area contributed by atoms with Crippen molar-refractivity contribution in [3.63, 3.8) is 0 Å². The number of rotatable bonds is 3. The van der Waals surface area contributed by atoms with E-state index in [1.807, 2.05) is 0 Å². The van der Waals surface area contributed by atoms with E-state index >= 15 is 0 Å². The molecule has 1 nitrogen and oxygen atoms in total. The molecule has 14 heavy (non-hydrogen) atoms. The van der Waals surface area contributed by atoms with Crippen LogP contribution in [0.15, 0.2) is 21.6 Å². The van der Waals surface area contributed by atoms with Crippen molar-refractivity contribution < 1.29 is 17.6 Å². The van der Waals surface area contributed by atoms with Crippen LogP contribution in [0.5, 0.6) is 0 Å². The normalized spacial score (nSPS) is 14.4. The molecule has 0 spiro atoms. The Labute approximate surface area is 92.2 Å². The van der Waals surface area contributed by atoms with Crippen LogP contribution < -0.4 is 0 Å². The topological polar surface area (TPSA) is 13.1 Å². The van der Waals surface area contributed by atoms with Crippen molar-refractivity contribution in [2.75, 3.05) is 5.75 Å². The van der Waals surface area contributed by atoms with Crippen LogP contribution in [-0.4, -0.2) is 16.8 Å². The fourth-order valence-corrected chi connectivity index (χ4v) is 2.10. The van der Waals surface area contributed by atoms with Gasteiger partial charge in [0.15, 0.2) is 0 Å². The molecule has 1 aromatic heterocycles. The highest BCUT2D eigenvalue weighted by molar-refractivity contribution is 9.09. The summed E-state index contributed by atoms with van der Waals surface area (Å²) in [7, 11) is 0. The Kier molecular flexibility index (Phi) is 3.94. The number of hydrogen-bond acceptors (Lipinski definition) is 2. The van der Waals surface area contributed by atoms with Crippen molar-refractivity contribution in [2.24, 2.45) is 0 Å². The number of aryl methyl sites for hydroxylation is 1. The zero-order chi connectivity index (χ0) is 10.8. The maximum atomic E-state index is 12.1. The Morgan fingerprint density at radius 3 is 2.64 bits per heavy atom. The lowest BCUT2D eigenvalue weighted by molar-refractivity contribution is -0.122. The van der Waals surface area contributed by atoms with Crippen LogP contribution in [0.3, 0.4) is 0 Å². The van der Waals surface area contributed by atoms with Crippen LogP contribution in [-0.2, 0) is 0 Å². The predicted molar refractivity (Wildman–Crippen MR) is 52.9 cm³/mol. The van der Waals surface area contributed by atoms with Gasteiger partial charge in [-0.2, -0.15) is 13.2 Å². The molecule has 0 saturated carbocycles. The quantitative estimate of drug-likeness (QED) is 0.616. The van der Waals surface area contributed by atoms with E-state index in [1.165, 1.54) is 6.26 Å². The number of thioether (sulfide) groups is 1. The molecule has 1 aromatic rings. The van der Waals surface area contributed by atoms with Gasteiger partial charge in [0, 0.05) is 10.6 Å². The van der Waals surface area contributed by atoms with Crippen molar-refractivity contribution in [1.29, 1.82) is 0 Å². The highest BCUT2D eigenvalue weighted by Crippen LogP contribution is 2.32. The van der Waals surface area contributed by atoms with E-state index in [1.54, 1.807) is 13.0 Å². The molecule has 80 valence electrons. The minimum absolute atomic E-state index is 0.0517. The Morgan fingerprint density at radius 2 is 2.21 bits per heavy atom. The third-order valence-corrected chi connectivity index (χ3v) is 4.06. The first-order chi connectivity index (χ1) is 6.41. The van der Waals surface area contributed by atoms with E-state index in [9.17, 15) is 13.2 Å². The Morgan fingerprint density at radius 1 is 1.57 bits per heavy atom. The van der Waals surface area contributed by atoms with Gasteiger partial charge in [-0.15, -0.1) is 11.8 Å². The fraction of sp³-hybridized carbons (Fsp3) is 0.500. The van der Waals surface area contributed by atoms with E-state index in [0.29, 0.717) is 5.76 Å². The average molecular weight is 289 g/mol. The maximum absolute atomic E-state index is 12.1. The number of furan rings is 1. The summed E-state index contributed by atoms with van der Waals surface area (Å²) in [5.41, 5.74) is 0. The van der Waals surface area contributed by atoms with Gasteiger partial charge in [0.25, 0.3) is 0 Å². The number of hydrogen-bond donors (Lipinski definition) is 0. The molecule has 1 rings (SSSR count). The van der Waals surface area contributed by atoms with E-state index < -0.39 is 11.0 Å². The SMILES string of the molecule is Cc1occc1SCC(Br)C(F)(F)F. The molecule has 1 heterocycles. The molecule has 0 aromatic carbocycles. The van der Waals surface area contributed by atoms with Crippen LogP contribution in [0.25, 0.3) is 0 Å². The average Bonchev–Trinajstić information content (AvgIpc) is 2.45. The Balaban J connectivity index is 2.46. The van der Waals surface area contributed by atoms with Crippen LogP contribution in [0.2, 0.25) is 0 Å². The zero-order valence-corrected chi connectivity index (χ0v) is 9.67. The summed E-state index contributed by atoms with van der Waals surface area (Å²) in [5.74, 6) is 0.598. The molecular formula is C8H8BrF3OS. The number of halogens is 4. The van der Waals surface area contributed by atoms with Gasteiger partial charge in [-0.05, 0) is 13.0 Å². The second-order valence-corrected chi connectivity index (χ2v) is 4.83. The van der Waals surface area contributed by atoms with Gasteiger partial charge in [-0.25, -0.2) is 0 Å². The molecule has 0 fully saturated rings. The summed E-state index contributed by atoms with van der Waals surface area (Å²) in [4.78, 5) is -0.729. The summed E-state index contributed by atoms with van der Waals surface area (Å²) in [6.07, 6.45) is -2.72. The second kappa shape index (κ2) is 4.61. The largest absolute Gasteiger partial charge is 0.468 e. The summed E-state index contributed by atoms with van der Waals surface area (Å²) < 4.78 is 41.2. The molecule has 1 unspecified atom stereocenters. The smallest absolute Gasteiger partial charge is 0.402 e. The lowest BCUT2D eigenvalue weighted by atomic mass is 10.5. The molecule has 0 bridgehead atoms. The second-order valence-electron chi connectivity index (χ2n) is 2.66. The van der Waals surface area contributed by atoms with Gasteiger partial charge in [0.2, 0.25) is 0 Å². The highest BCUT2D eigenvalue weighted by Gasteiger charge is 2.37. The molecule has 0 N–H and O–H groups in total. The zero-order valence-electron chi connectivity index (χ0n) is 7.27. The molecule has 0 aliphatic carbocycles. The summed E-state index contributed by atoms with van der Waals surface area (Å²) in [5, 5.41) is 0. The van der Waals surface area contributed by atoms with Gasteiger partial charge >= 0.3 is 6.18 Å². The maximum Gasteiger partial charge on any atom is 0.402 e. The minimum atomic E-state index is -4.19. The van der Waals surface area contributed by atoms with Gasteiger partial charge < -0.3 is 4.42 Å².